The summed E-state index contributed by atoms with van der Waals surface area (Å²) in [5.41, 5.74) is 0.388. The number of ether oxygens (including phenoxy) is 1. The number of amides is 2. The van der Waals surface area contributed by atoms with E-state index in [1.54, 1.807) is 45.0 Å². The second-order valence-corrected chi connectivity index (χ2v) is 10.8. The lowest BCUT2D eigenvalue weighted by Gasteiger charge is -2.42. The summed E-state index contributed by atoms with van der Waals surface area (Å²) in [7, 11) is 0. The largest absolute Gasteiger partial charge is 0.465 e. The standard InChI is InChI=1S/C25H40N2O5/c1-24(2,3)21(17-10-7-8-11-17)27(23(30)31)19-13-9-12-18(16-19)20(28)14-15-26-22(29)32-25(4,5)6/h9,12-13,16-17,20-21,28H,7-8,10-11,14-15H2,1-6H3,(H,26,29)(H,30,31). The van der Waals surface area contributed by atoms with E-state index >= 15 is 0 Å². The van der Waals surface area contributed by atoms with Crippen LogP contribution in [-0.2, 0) is 4.74 Å². The topological polar surface area (TPSA) is 99.1 Å². The van der Waals surface area contributed by atoms with Gasteiger partial charge in [0.15, 0.2) is 0 Å². The highest BCUT2D eigenvalue weighted by molar-refractivity contribution is 5.87. The Labute approximate surface area is 192 Å². The Kier molecular flexibility index (Phi) is 8.57. The number of carboxylic acid groups (broad SMARTS) is 1. The van der Waals surface area contributed by atoms with Crippen molar-refractivity contribution in [1.82, 2.24) is 5.32 Å². The molecule has 0 aromatic heterocycles. The molecule has 7 heteroatoms. The number of nitrogens with zero attached hydrogens (tertiary/aromatic N) is 1. The van der Waals surface area contributed by atoms with Gasteiger partial charge in [-0.2, -0.15) is 0 Å². The average Bonchev–Trinajstić information content (AvgIpc) is 3.17. The number of alkyl carbamates (subject to hydrolysis) is 1. The van der Waals surface area contributed by atoms with E-state index in [2.05, 4.69) is 26.1 Å². The zero-order chi connectivity index (χ0) is 24.1. The minimum absolute atomic E-state index is 0.149. The molecule has 1 aromatic rings. The van der Waals surface area contributed by atoms with Gasteiger partial charge in [0.25, 0.3) is 0 Å². The number of benzene rings is 1. The molecule has 0 spiro atoms. The van der Waals surface area contributed by atoms with Crippen molar-refractivity contribution in [1.29, 1.82) is 0 Å². The lowest BCUT2D eigenvalue weighted by Crippen LogP contribution is -2.51. The fraction of sp³-hybridized carbons (Fsp3) is 0.680. The third-order valence-electron chi connectivity index (χ3n) is 5.84. The number of aliphatic hydroxyl groups excluding tert-OH is 1. The summed E-state index contributed by atoms with van der Waals surface area (Å²) >= 11 is 0. The number of nitrogens with one attached hydrogen (secondary N) is 1. The maximum Gasteiger partial charge on any atom is 0.412 e. The molecule has 1 fully saturated rings. The highest BCUT2D eigenvalue weighted by Gasteiger charge is 2.41. The van der Waals surface area contributed by atoms with E-state index in [-0.39, 0.29) is 18.0 Å². The van der Waals surface area contributed by atoms with Crippen molar-refractivity contribution >= 4 is 17.9 Å². The number of hydrogen-bond donors (Lipinski definition) is 3. The van der Waals surface area contributed by atoms with Crippen LogP contribution in [0.3, 0.4) is 0 Å². The van der Waals surface area contributed by atoms with Crippen molar-refractivity contribution in [3.63, 3.8) is 0 Å². The van der Waals surface area contributed by atoms with Gasteiger partial charge >= 0.3 is 12.2 Å². The highest BCUT2D eigenvalue weighted by atomic mass is 16.6. The van der Waals surface area contributed by atoms with Crippen molar-refractivity contribution in [2.24, 2.45) is 11.3 Å². The first-order chi connectivity index (χ1) is 14.8. The van der Waals surface area contributed by atoms with Gasteiger partial charge in [-0.3, -0.25) is 4.90 Å². The van der Waals surface area contributed by atoms with Crippen LogP contribution in [0.15, 0.2) is 24.3 Å². The molecule has 1 aliphatic carbocycles. The van der Waals surface area contributed by atoms with E-state index in [4.69, 9.17) is 4.74 Å². The lowest BCUT2D eigenvalue weighted by atomic mass is 9.77. The van der Waals surface area contributed by atoms with Gasteiger partial charge in [0.1, 0.15) is 5.60 Å². The summed E-state index contributed by atoms with van der Waals surface area (Å²) in [6.07, 6.45) is 2.29. The van der Waals surface area contributed by atoms with Gasteiger partial charge in [-0.05, 0) is 69.1 Å². The predicted molar refractivity (Wildman–Crippen MR) is 126 cm³/mol. The third-order valence-corrected chi connectivity index (χ3v) is 5.84. The maximum atomic E-state index is 12.4. The molecule has 3 N–H and O–H groups in total. The third kappa shape index (κ3) is 7.40. The van der Waals surface area contributed by atoms with Gasteiger partial charge < -0.3 is 20.3 Å². The van der Waals surface area contributed by atoms with E-state index in [0.29, 0.717) is 23.6 Å². The van der Waals surface area contributed by atoms with Crippen LogP contribution < -0.4 is 10.2 Å². The van der Waals surface area contributed by atoms with E-state index in [1.165, 1.54) is 4.90 Å². The van der Waals surface area contributed by atoms with Crippen LogP contribution in [0.4, 0.5) is 15.3 Å². The molecule has 0 radical (unpaired) electrons. The fourth-order valence-corrected chi connectivity index (χ4v) is 4.64. The average molecular weight is 449 g/mol. The molecular weight excluding hydrogens is 408 g/mol. The van der Waals surface area contributed by atoms with Crippen molar-refractivity contribution in [3.05, 3.63) is 29.8 Å². The Morgan fingerprint density at radius 1 is 1.16 bits per heavy atom. The molecular formula is C25H40N2O5. The van der Waals surface area contributed by atoms with Gasteiger partial charge in [0, 0.05) is 18.3 Å². The number of hydrogen-bond acceptors (Lipinski definition) is 4. The molecule has 0 heterocycles. The number of aliphatic hydroxyl groups is 1. The van der Waals surface area contributed by atoms with Crippen LogP contribution in [0.5, 0.6) is 0 Å². The molecule has 2 amide bonds. The first-order valence-electron chi connectivity index (χ1n) is 11.6. The minimum atomic E-state index is -0.977. The molecule has 2 rings (SSSR count). The number of carbonyl (C=O) groups is 2. The van der Waals surface area contributed by atoms with E-state index in [9.17, 15) is 19.8 Å². The summed E-state index contributed by atoms with van der Waals surface area (Å²) in [5.74, 6) is 0.317. The highest BCUT2D eigenvalue weighted by Crippen LogP contribution is 2.41. The molecule has 0 saturated heterocycles. The number of carbonyl (C=O) groups excluding carboxylic acids is 1. The zero-order valence-electron chi connectivity index (χ0n) is 20.4. The van der Waals surface area contributed by atoms with Gasteiger partial charge in [0.2, 0.25) is 0 Å². The number of anilines is 1. The van der Waals surface area contributed by atoms with Gasteiger partial charge in [-0.1, -0.05) is 45.7 Å². The summed E-state index contributed by atoms with van der Waals surface area (Å²) in [4.78, 5) is 25.7. The minimum Gasteiger partial charge on any atom is -0.465 e. The monoisotopic (exact) mass is 448 g/mol. The Balaban J connectivity index is 2.16. The first-order valence-corrected chi connectivity index (χ1v) is 11.6. The number of rotatable bonds is 7. The molecule has 7 nitrogen and oxygen atoms in total. The van der Waals surface area contributed by atoms with Crippen molar-refractivity contribution in [2.45, 2.75) is 91.4 Å². The summed E-state index contributed by atoms with van der Waals surface area (Å²) in [6, 6.07) is 6.95. The summed E-state index contributed by atoms with van der Waals surface area (Å²) < 4.78 is 5.21. The summed E-state index contributed by atoms with van der Waals surface area (Å²) in [6.45, 7) is 11.9. The van der Waals surface area contributed by atoms with Crippen molar-refractivity contribution in [3.8, 4) is 0 Å². The van der Waals surface area contributed by atoms with Crippen molar-refractivity contribution < 1.29 is 24.5 Å². The fourth-order valence-electron chi connectivity index (χ4n) is 4.64. The van der Waals surface area contributed by atoms with Gasteiger partial charge in [-0.15, -0.1) is 0 Å². The molecule has 32 heavy (non-hydrogen) atoms. The second-order valence-electron chi connectivity index (χ2n) is 10.8. The normalized spacial score (nSPS) is 17.0. The predicted octanol–water partition coefficient (Wildman–Crippen LogP) is 5.72. The quantitative estimate of drug-likeness (QED) is 0.495. The molecule has 1 aromatic carbocycles. The Morgan fingerprint density at radius 3 is 2.31 bits per heavy atom. The molecule has 2 atom stereocenters. The molecule has 180 valence electrons. The molecule has 1 aliphatic rings. The maximum absolute atomic E-state index is 12.4. The molecule has 1 saturated carbocycles. The SMILES string of the molecule is CC(C)(C)OC(=O)NCCC(O)c1cccc(N(C(=O)O)C(C2CCCC2)C(C)(C)C)c1. The van der Waals surface area contributed by atoms with E-state index in [1.807, 2.05) is 0 Å². The lowest BCUT2D eigenvalue weighted by molar-refractivity contribution is 0.0518. The van der Waals surface area contributed by atoms with Crippen LogP contribution in [0.25, 0.3) is 0 Å². The first kappa shape index (κ1) is 26.0. The van der Waals surface area contributed by atoms with Crippen LogP contribution in [0.1, 0.15) is 85.3 Å². The summed E-state index contributed by atoms with van der Waals surface area (Å²) in [5, 5.41) is 23.5. The molecule has 0 aliphatic heterocycles. The Morgan fingerprint density at radius 2 is 1.78 bits per heavy atom. The van der Waals surface area contributed by atoms with Crippen LogP contribution >= 0.6 is 0 Å². The van der Waals surface area contributed by atoms with Crippen LogP contribution in [-0.4, -0.2) is 40.6 Å². The van der Waals surface area contributed by atoms with Gasteiger partial charge in [0.05, 0.1) is 6.10 Å². The van der Waals surface area contributed by atoms with Crippen LogP contribution in [0, 0.1) is 11.3 Å². The van der Waals surface area contributed by atoms with E-state index < -0.39 is 23.9 Å². The van der Waals surface area contributed by atoms with Gasteiger partial charge in [-0.25, -0.2) is 9.59 Å². The molecule has 0 bridgehead atoms. The zero-order valence-corrected chi connectivity index (χ0v) is 20.4. The van der Waals surface area contributed by atoms with Crippen LogP contribution in [0.2, 0.25) is 0 Å². The van der Waals surface area contributed by atoms with E-state index in [0.717, 1.165) is 25.7 Å². The Hall–Kier alpha value is -2.28. The second kappa shape index (κ2) is 10.6. The smallest absolute Gasteiger partial charge is 0.412 e. The molecule has 2 unspecified atom stereocenters. The van der Waals surface area contributed by atoms with Crippen molar-refractivity contribution in [2.75, 3.05) is 11.4 Å². The Bertz CT molecular complexity index is 775.